The molecule has 26 heavy (non-hydrogen) atoms. The van der Waals surface area contributed by atoms with Crippen LogP contribution in [-0.2, 0) is 11.3 Å². The standard InChI is InChI=1S/C18H20IN3O3S/c1-13-12-26-18(25)22(13)7-6-16(23)20-8-10-21(11-9-20)17(24)14-4-2-3-5-15(14)19/h2-5,12H,6-11H2,1H3. The van der Waals surface area contributed by atoms with Crippen LogP contribution in [0.4, 0.5) is 0 Å². The first-order valence-electron chi connectivity index (χ1n) is 8.44. The minimum absolute atomic E-state index is 0.0162. The fourth-order valence-electron chi connectivity index (χ4n) is 3.00. The monoisotopic (exact) mass is 485 g/mol. The van der Waals surface area contributed by atoms with Gasteiger partial charge in [0.1, 0.15) is 0 Å². The minimum Gasteiger partial charge on any atom is -0.339 e. The van der Waals surface area contributed by atoms with E-state index in [1.165, 1.54) is 0 Å². The van der Waals surface area contributed by atoms with E-state index in [2.05, 4.69) is 22.6 Å². The number of halogens is 1. The van der Waals surface area contributed by atoms with Crippen molar-refractivity contribution < 1.29 is 9.59 Å². The Hall–Kier alpha value is -1.68. The van der Waals surface area contributed by atoms with E-state index in [1.54, 1.807) is 14.4 Å². The molecule has 2 heterocycles. The molecule has 3 rings (SSSR count). The number of hydrogen-bond acceptors (Lipinski definition) is 4. The molecule has 8 heteroatoms. The number of piperazine rings is 1. The van der Waals surface area contributed by atoms with E-state index in [9.17, 15) is 14.4 Å². The van der Waals surface area contributed by atoms with Crippen LogP contribution in [0, 0.1) is 10.5 Å². The predicted octanol–water partition coefficient (Wildman–Crippen LogP) is 2.20. The SMILES string of the molecule is Cc1csc(=O)n1CCC(=O)N1CCN(C(=O)c2ccccc2I)CC1. The van der Waals surface area contributed by atoms with Crippen LogP contribution >= 0.6 is 33.9 Å². The summed E-state index contributed by atoms with van der Waals surface area (Å²) in [6, 6.07) is 7.53. The number of aromatic nitrogens is 1. The molecule has 0 bridgehead atoms. The molecule has 1 aromatic carbocycles. The maximum Gasteiger partial charge on any atom is 0.307 e. The molecule has 1 aliphatic heterocycles. The Bertz CT molecular complexity index is 869. The second kappa shape index (κ2) is 8.34. The van der Waals surface area contributed by atoms with E-state index < -0.39 is 0 Å². The Morgan fingerprint density at radius 1 is 1.12 bits per heavy atom. The molecule has 0 saturated carbocycles. The van der Waals surface area contributed by atoms with Gasteiger partial charge >= 0.3 is 4.87 Å². The highest BCUT2D eigenvalue weighted by Gasteiger charge is 2.25. The number of rotatable bonds is 4. The van der Waals surface area contributed by atoms with Gasteiger partial charge < -0.3 is 14.4 Å². The van der Waals surface area contributed by atoms with Gasteiger partial charge in [0.15, 0.2) is 0 Å². The molecular weight excluding hydrogens is 465 g/mol. The van der Waals surface area contributed by atoms with Crippen LogP contribution in [-0.4, -0.2) is 52.4 Å². The fourth-order valence-corrected chi connectivity index (χ4v) is 4.38. The van der Waals surface area contributed by atoms with Crippen LogP contribution in [0.2, 0.25) is 0 Å². The number of nitrogens with zero attached hydrogens (tertiary/aromatic N) is 3. The van der Waals surface area contributed by atoms with Crippen molar-refractivity contribution in [1.82, 2.24) is 14.4 Å². The number of amides is 2. The van der Waals surface area contributed by atoms with Crippen molar-refractivity contribution in [1.29, 1.82) is 0 Å². The van der Waals surface area contributed by atoms with E-state index in [1.807, 2.05) is 36.6 Å². The predicted molar refractivity (Wildman–Crippen MR) is 110 cm³/mol. The van der Waals surface area contributed by atoms with Crippen LogP contribution in [0.15, 0.2) is 34.4 Å². The van der Waals surface area contributed by atoms with Crippen LogP contribution in [0.25, 0.3) is 0 Å². The number of carbonyl (C=O) groups excluding carboxylic acids is 2. The lowest BCUT2D eigenvalue weighted by Gasteiger charge is -2.35. The third-order valence-corrected chi connectivity index (χ3v) is 6.37. The van der Waals surface area contributed by atoms with E-state index in [4.69, 9.17) is 0 Å². The zero-order valence-electron chi connectivity index (χ0n) is 14.5. The van der Waals surface area contributed by atoms with Crippen molar-refractivity contribution in [3.05, 3.63) is 54.1 Å². The Labute approximate surface area is 169 Å². The van der Waals surface area contributed by atoms with Gasteiger partial charge in [0.25, 0.3) is 5.91 Å². The summed E-state index contributed by atoms with van der Waals surface area (Å²) in [4.78, 5) is 40.3. The van der Waals surface area contributed by atoms with Gasteiger partial charge in [-0.2, -0.15) is 0 Å². The Balaban J connectivity index is 1.53. The Morgan fingerprint density at radius 2 is 1.77 bits per heavy atom. The van der Waals surface area contributed by atoms with Gasteiger partial charge in [0.05, 0.1) is 5.56 Å². The summed E-state index contributed by atoms with van der Waals surface area (Å²) in [6.07, 6.45) is 0.308. The van der Waals surface area contributed by atoms with Crippen molar-refractivity contribution >= 4 is 45.7 Å². The lowest BCUT2D eigenvalue weighted by atomic mass is 10.2. The molecule has 1 aromatic heterocycles. The summed E-state index contributed by atoms with van der Waals surface area (Å²) < 4.78 is 2.57. The first kappa shape index (κ1) is 19.1. The minimum atomic E-state index is -0.0248. The molecule has 0 N–H and O–H groups in total. The van der Waals surface area contributed by atoms with Crippen molar-refractivity contribution in [3.63, 3.8) is 0 Å². The highest BCUT2D eigenvalue weighted by Crippen LogP contribution is 2.16. The number of thiazole rings is 1. The average Bonchev–Trinajstić information content (AvgIpc) is 2.97. The van der Waals surface area contributed by atoms with Gasteiger partial charge in [-0.25, -0.2) is 0 Å². The largest absolute Gasteiger partial charge is 0.339 e. The number of aryl methyl sites for hydroxylation is 1. The summed E-state index contributed by atoms with van der Waals surface area (Å²) in [5, 5.41) is 1.81. The van der Waals surface area contributed by atoms with Crippen LogP contribution in [0.5, 0.6) is 0 Å². The van der Waals surface area contributed by atoms with Gasteiger partial charge in [0, 0.05) is 53.8 Å². The smallest absolute Gasteiger partial charge is 0.307 e. The zero-order valence-corrected chi connectivity index (χ0v) is 17.5. The van der Waals surface area contributed by atoms with Crippen molar-refractivity contribution in [2.24, 2.45) is 0 Å². The number of carbonyl (C=O) groups is 2. The summed E-state index contributed by atoms with van der Waals surface area (Å²) >= 11 is 3.33. The topological polar surface area (TPSA) is 62.6 Å². The maximum atomic E-state index is 12.6. The molecule has 138 valence electrons. The van der Waals surface area contributed by atoms with Crippen molar-refractivity contribution in [3.8, 4) is 0 Å². The highest BCUT2D eigenvalue weighted by molar-refractivity contribution is 14.1. The molecule has 1 saturated heterocycles. The van der Waals surface area contributed by atoms with Gasteiger partial charge in [-0.1, -0.05) is 23.5 Å². The lowest BCUT2D eigenvalue weighted by molar-refractivity contribution is -0.132. The molecule has 0 radical (unpaired) electrons. The van der Waals surface area contributed by atoms with Gasteiger partial charge in [-0.15, -0.1) is 0 Å². The molecule has 0 aliphatic carbocycles. The molecular formula is C18H20IN3O3S. The molecule has 0 unspecified atom stereocenters. The van der Waals surface area contributed by atoms with Crippen LogP contribution in [0.1, 0.15) is 22.5 Å². The molecule has 2 amide bonds. The summed E-state index contributed by atoms with van der Waals surface area (Å²) in [6.45, 7) is 4.42. The van der Waals surface area contributed by atoms with Crippen molar-refractivity contribution in [2.45, 2.75) is 19.9 Å². The second-order valence-corrected chi connectivity index (χ2v) is 8.18. The average molecular weight is 485 g/mol. The first-order valence-corrected chi connectivity index (χ1v) is 10.4. The molecule has 0 atom stereocenters. The summed E-state index contributed by atoms with van der Waals surface area (Å²) in [5.41, 5.74) is 1.60. The number of hydrogen-bond donors (Lipinski definition) is 0. The maximum absolute atomic E-state index is 12.6. The molecule has 1 aliphatic rings. The third kappa shape index (κ3) is 4.17. The molecule has 0 spiro atoms. The van der Waals surface area contributed by atoms with Gasteiger partial charge in [0.2, 0.25) is 5.91 Å². The van der Waals surface area contributed by atoms with E-state index in [-0.39, 0.29) is 16.7 Å². The van der Waals surface area contributed by atoms with E-state index >= 15 is 0 Å². The van der Waals surface area contributed by atoms with E-state index in [0.29, 0.717) is 44.7 Å². The highest BCUT2D eigenvalue weighted by atomic mass is 127. The Morgan fingerprint density at radius 3 is 2.38 bits per heavy atom. The van der Waals surface area contributed by atoms with Gasteiger partial charge in [-0.05, 0) is 41.6 Å². The Kier molecular flexibility index (Phi) is 6.13. The first-order chi connectivity index (χ1) is 12.5. The normalized spacial score (nSPS) is 14.5. The molecule has 2 aromatic rings. The van der Waals surface area contributed by atoms with Gasteiger partial charge in [-0.3, -0.25) is 14.4 Å². The van der Waals surface area contributed by atoms with Crippen LogP contribution in [0.3, 0.4) is 0 Å². The summed E-state index contributed by atoms with van der Waals surface area (Å²) in [5.74, 6) is 0.0476. The quantitative estimate of drug-likeness (QED) is 0.625. The third-order valence-electron chi connectivity index (χ3n) is 4.55. The lowest BCUT2D eigenvalue weighted by Crippen LogP contribution is -2.50. The van der Waals surface area contributed by atoms with Crippen molar-refractivity contribution in [2.75, 3.05) is 26.2 Å². The molecule has 1 fully saturated rings. The zero-order chi connectivity index (χ0) is 18.7. The fraction of sp³-hybridized carbons (Fsp3) is 0.389. The van der Waals surface area contributed by atoms with E-state index in [0.717, 1.165) is 20.6 Å². The number of benzene rings is 1. The summed E-state index contributed by atoms with van der Waals surface area (Å²) in [7, 11) is 0. The molecule has 6 nitrogen and oxygen atoms in total. The van der Waals surface area contributed by atoms with Crippen LogP contribution < -0.4 is 4.87 Å². The second-order valence-electron chi connectivity index (χ2n) is 6.20.